The van der Waals surface area contributed by atoms with Crippen LogP contribution in [0.3, 0.4) is 0 Å². The van der Waals surface area contributed by atoms with Crippen molar-refractivity contribution in [2.75, 3.05) is 59.1 Å². The van der Waals surface area contributed by atoms with Gasteiger partial charge in [-0.15, -0.1) is 0 Å². The van der Waals surface area contributed by atoms with Gasteiger partial charge in [-0.3, -0.25) is 33.6 Å². The Morgan fingerprint density at radius 1 is 0.622 bits per heavy atom. The lowest BCUT2D eigenvalue weighted by Crippen LogP contribution is -2.49. The van der Waals surface area contributed by atoms with Crippen LogP contribution in [0.1, 0.15) is 19.3 Å². The number of hydrogen-bond donors (Lipinski definition) is 13. The van der Waals surface area contributed by atoms with Crippen LogP contribution in [0.25, 0.3) is 0 Å². The Balaban J connectivity index is 3.91. The Morgan fingerprint density at radius 2 is 1.11 bits per heavy atom. The maximum atomic E-state index is 11.8. The quantitative estimate of drug-likeness (QED) is 0.0430. The largest absolute Gasteiger partial charge is 0.481 e. The third-order valence-corrected chi connectivity index (χ3v) is 5.64. The van der Waals surface area contributed by atoms with Crippen molar-refractivity contribution >= 4 is 41.4 Å². The molecule has 0 aromatic carbocycles. The van der Waals surface area contributed by atoms with Crippen molar-refractivity contribution in [1.82, 2.24) is 31.9 Å². The fraction of sp³-hybridized carbons (Fsp3) is 0.708. The van der Waals surface area contributed by atoms with E-state index in [1.165, 1.54) is 0 Å². The summed E-state index contributed by atoms with van der Waals surface area (Å²) >= 11 is 0. The number of aliphatic carboxylic acids is 1. The van der Waals surface area contributed by atoms with Crippen molar-refractivity contribution in [2.45, 2.75) is 49.7 Å². The van der Waals surface area contributed by atoms with Gasteiger partial charge in [0.1, 0.15) is 18.3 Å². The van der Waals surface area contributed by atoms with Gasteiger partial charge in [-0.1, -0.05) is 0 Å². The molecule has 0 rings (SSSR count). The van der Waals surface area contributed by atoms with E-state index in [-0.39, 0.29) is 39.0 Å². The number of carboxylic acids is 1. The van der Waals surface area contributed by atoms with Crippen molar-refractivity contribution in [2.24, 2.45) is 5.73 Å². The Hall–Kier alpha value is -3.99. The summed E-state index contributed by atoms with van der Waals surface area (Å²) in [6, 6.07) is -1.12. The van der Waals surface area contributed by atoms with Crippen LogP contribution in [-0.4, -0.2) is 162 Å². The van der Waals surface area contributed by atoms with Gasteiger partial charge in [0.15, 0.2) is 0 Å². The van der Waals surface area contributed by atoms with Crippen LogP contribution in [0.15, 0.2) is 0 Å². The molecule has 0 aliphatic rings. The van der Waals surface area contributed by atoms with Crippen molar-refractivity contribution < 1.29 is 68.9 Å². The highest BCUT2D eigenvalue weighted by atomic mass is 16.5. The second-order valence-corrected chi connectivity index (χ2v) is 9.40. The first-order valence-electron chi connectivity index (χ1n) is 13.7. The first kappa shape index (κ1) is 41.0. The zero-order chi connectivity index (χ0) is 34.4. The van der Waals surface area contributed by atoms with Gasteiger partial charge >= 0.3 is 5.97 Å². The predicted octanol–water partition coefficient (Wildman–Crippen LogP) is -8.28. The number of aliphatic hydroxyl groups excluding tert-OH is 5. The number of amides is 6. The molecule has 0 unspecified atom stereocenters. The van der Waals surface area contributed by atoms with E-state index >= 15 is 0 Å². The predicted molar refractivity (Wildman–Crippen MR) is 149 cm³/mol. The summed E-state index contributed by atoms with van der Waals surface area (Å²) in [4.78, 5) is 81.0. The average molecular weight is 654 g/mol. The van der Waals surface area contributed by atoms with E-state index in [1.807, 2.05) is 0 Å². The lowest BCUT2D eigenvalue weighted by Gasteiger charge is -2.25. The highest BCUT2D eigenvalue weighted by Gasteiger charge is 2.30. The van der Waals surface area contributed by atoms with Crippen molar-refractivity contribution in [3.05, 3.63) is 0 Å². The molecule has 6 amide bonds. The van der Waals surface area contributed by atoms with Crippen LogP contribution in [0.5, 0.6) is 0 Å². The van der Waals surface area contributed by atoms with Crippen LogP contribution in [-0.2, 0) is 38.3 Å². The van der Waals surface area contributed by atoms with Gasteiger partial charge in [-0.2, -0.15) is 0 Å². The summed E-state index contributed by atoms with van der Waals surface area (Å²) in [5.41, 5.74) is 5.49. The SMILES string of the molecule is N[C@@H](CCC(=O)O)C(=O)NCC(=O)NCC(=O)NCC(=O)NCC(=O)NCCOCCC(=O)NC[C@H](O)[C@@H](O)[C@H](O)[C@H](O)CO. The summed E-state index contributed by atoms with van der Waals surface area (Å²) in [6.07, 6.45) is -7.48. The third-order valence-electron chi connectivity index (χ3n) is 5.64. The number of hydrogen-bond acceptors (Lipinski definition) is 14. The molecular weight excluding hydrogens is 610 g/mol. The second-order valence-electron chi connectivity index (χ2n) is 9.40. The number of carbonyl (C=O) groups is 7. The highest BCUT2D eigenvalue weighted by molar-refractivity contribution is 5.91. The summed E-state index contributed by atoms with van der Waals surface area (Å²) in [6.45, 7) is -3.20. The smallest absolute Gasteiger partial charge is 0.303 e. The van der Waals surface area contributed by atoms with E-state index in [1.54, 1.807) is 0 Å². The van der Waals surface area contributed by atoms with Gasteiger partial charge in [0.25, 0.3) is 0 Å². The minimum absolute atomic E-state index is 0.0164. The maximum Gasteiger partial charge on any atom is 0.303 e. The van der Waals surface area contributed by atoms with Gasteiger partial charge < -0.3 is 73.0 Å². The molecule has 0 fully saturated rings. The molecule has 45 heavy (non-hydrogen) atoms. The number of carboxylic acid groups (broad SMARTS) is 1. The van der Waals surface area contributed by atoms with Gasteiger partial charge in [-0.25, -0.2) is 0 Å². The molecule has 0 aliphatic heterocycles. The Kier molecular flexibility index (Phi) is 21.3. The highest BCUT2D eigenvalue weighted by Crippen LogP contribution is 2.04. The van der Waals surface area contributed by atoms with E-state index in [2.05, 4.69) is 31.9 Å². The lowest BCUT2D eigenvalue weighted by atomic mass is 10.0. The van der Waals surface area contributed by atoms with Crippen molar-refractivity contribution in [3.63, 3.8) is 0 Å². The molecule has 21 nitrogen and oxygen atoms in total. The molecule has 5 atom stereocenters. The molecule has 0 bridgehead atoms. The first-order chi connectivity index (χ1) is 21.2. The minimum Gasteiger partial charge on any atom is -0.481 e. The molecule has 21 heteroatoms. The molecular formula is C24H43N7O14. The molecule has 0 spiro atoms. The maximum absolute atomic E-state index is 11.8. The van der Waals surface area contributed by atoms with Crippen LogP contribution in [0.4, 0.5) is 0 Å². The number of ether oxygens (including phenoxy) is 1. The van der Waals surface area contributed by atoms with E-state index in [9.17, 15) is 54.0 Å². The Morgan fingerprint density at radius 3 is 1.62 bits per heavy atom. The van der Waals surface area contributed by atoms with Gasteiger partial charge in [0.2, 0.25) is 35.4 Å². The summed E-state index contributed by atoms with van der Waals surface area (Å²) in [7, 11) is 0. The lowest BCUT2D eigenvalue weighted by molar-refractivity contribution is -0.137. The van der Waals surface area contributed by atoms with Crippen LogP contribution in [0, 0.1) is 0 Å². The fourth-order valence-electron chi connectivity index (χ4n) is 3.02. The van der Waals surface area contributed by atoms with Gasteiger partial charge in [0, 0.05) is 25.9 Å². The number of nitrogens with two attached hydrogens (primary N) is 1. The second kappa shape index (κ2) is 23.4. The van der Waals surface area contributed by atoms with Crippen LogP contribution >= 0.6 is 0 Å². The molecule has 0 aromatic rings. The molecule has 0 aliphatic carbocycles. The molecule has 14 N–H and O–H groups in total. The van der Waals surface area contributed by atoms with E-state index in [0.717, 1.165) is 0 Å². The number of nitrogens with one attached hydrogen (secondary N) is 6. The monoisotopic (exact) mass is 653 g/mol. The summed E-state index contributed by atoms with van der Waals surface area (Å²) in [5, 5.41) is 69.1. The van der Waals surface area contributed by atoms with E-state index in [0.29, 0.717) is 0 Å². The van der Waals surface area contributed by atoms with E-state index in [4.69, 9.17) is 20.7 Å². The Bertz CT molecular complexity index is 986. The zero-order valence-electron chi connectivity index (χ0n) is 24.4. The topological polar surface area (TPSA) is 348 Å². The minimum atomic E-state index is -1.82. The normalized spacial score (nSPS) is 14.1. The standard InChI is InChI=1S/C24H43N7O14/c25-13(1-2-21(40)41)24(44)31-11-20(39)30-10-19(38)29-9-18(37)28-8-17(36)26-4-6-45-5-3-16(35)27-7-14(33)22(42)23(43)15(34)12-32/h13-15,22-23,32-34,42-43H,1-12,25H2,(H,26,36)(H,27,35)(H,28,37)(H,29,38)(H,30,39)(H,31,44)(H,40,41)/t13-,14-,15+,22+,23+/m0/s1. The van der Waals surface area contributed by atoms with Crippen molar-refractivity contribution in [3.8, 4) is 0 Å². The molecule has 0 saturated carbocycles. The van der Waals surface area contributed by atoms with Crippen LogP contribution < -0.4 is 37.6 Å². The van der Waals surface area contributed by atoms with Gasteiger partial charge in [0.05, 0.1) is 58.1 Å². The third kappa shape index (κ3) is 20.6. The molecule has 0 heterocycles. The molecule has 0 radical (unpaired) electrons. The fourth-order valence-corrected chi connectivity index (χ4v) is 3.02. The number of rotatable bonds is 24. The summed E-state index contributed by atoms with van der Waals surface area (Å²) < 4.78 is 5.18. The average Bonchev–Trinajstić information content (AvgIpc) is 3.01. The van der Waals surface area contributed by atoms with Crippen molar-refractivity contribution in [1.29, 1.82) is 0 Å². The zero-order valence-corrected chi connectivity index (χ0v) is 24.4. The number of aliphatic hydroxyl groups is 5. The number of carbonyl (C=O) groups excluding carboxylic acids is 6. The Labute approximate surface area is 257 Å². The molecule has 0 saturated heterocycles. The molecule has 0 aromatic heterocycles. The summed E-state index contributed by atoms with van der Waals surface area (Å²) in [5.74, 6) is -5.16. The molecule has 258 valence electrons. The van der Waals surface area contributed by atoms with Crippen LogP contribution in [0.2, 0.25) is 0 Å². The van der Waals surface area contributed by atoms with Gasteiger partial charge in [-0.05, 0) is 6.42 Å². The van der Waals surface area contributed by atoms with E-state index < -0.39 is 111 Å². The first-order valence-corrected chi connectivity index (χ1v) is 13.7.